The predicted molar refractivity (Wildman–Crippen MR) is 149 cm³/mol. The number of amides is 1. The summed E-state index contributed by atoms with van der Waals surface area (Å²) in [5, 5.41) is 14.2. The molecule has 1 unspecified atom stereocenters. The molecular formula is C27H30Cl2N2O5S. The topological polar surface area (TPSA) is 89.8 Å². The van der Waals surface area contributed by atoms with Crippen LogP contribution in [0.4, 0.5) is 0 Å². The highest BCUT2D eigenvalue weighted by Gasteiger charge is 2.43. The Kier molecular flexibility index (Phi) is 8.33. The first kappa shape index (κ1) is 27.6. The molecule has 198 valence electrons. The van der Waals surface area contributed by atoms with E-state index in [2.05, 4.69) is 17.9 Å². The summed E-state index contributed by atoms with van der Waals surface area (Å²) < 4.78 is 12.6. The van der Waals surface area contributed by atoms with Crippen LogP contribution in [0.3, 0.4) is 0 Å². The minimum absolute atomic E-state index is 0.185. The lowest BCUT2D eigenvalue weighted by molar-refractivity contribution is -0.141. The normalized spacial score (nSPS) is 17.1. The highest BCUT2D eigenvalue weighted by molar-refractivity contribution is 7.79. The molecule has 2 aromatic carbocycles. The van der Waals surface area contributed by atoms with Crippen molar-refractivity contribution < 1.29 is 24.2 Å². The molecule has 1 saturated heterocycles. The molecule has 1 aliphatic carbocycles. The number of hydrogen-bond acceptors (Lipinski definition) is 5. The first-order valence-electron chi connectivity index (χ1n) is 12.0. The first-order chi connectivity index (χ1) is 17.8. The first-order valence-corrected chi connectivity index (χ1v) is 13.6. The van der Waals surface area contributed by atoms with Crippen LogP contribution in [0.15, 0.2) is 36.4 Å². The van der Waals surface area contributed by atoms with E-state index in [0.29, 0.717) is 40.1 Å². The molecule has 2 heterocycles. The molecule has 7 nitrogen and oxygen atoms in total. The molecule has 37 heavy (non-hydrogen) atoms. The van der Waals surface area contributed by atoms with E-state index in [1.54, 1.807) is 30.0 Å². The van der Waals surface area contributed by atoms with Gasteiger partial charge in [-0.25, -0.2) is 0 Å². The monoisotopic (exact) mass is 564 g/mol. The molecule has 1 aromatic heterocycles. The summed E-state index contributed by atoms with van der Waals surface area (Å²) in [6.45, 7) is 0.654. The van der Waals surface area contributed by atoms with Gasteiger partial charge in [-0.05, 0) is 42.2 Å². The number of aromatic nitrogens is 1. The number of thiol groups is 1. The maximum Gasteiger partial charge on any atom is 0.311 e. The molecule has 1 saturated carbocycles. The minimum atomic E-state index is -0.788. The predicted octanol–water partition coefficient (Wildman–Crippen LogP) is 5.66. The number of aliphatic carboxylic acids is 1. The fraction of sp³-hybridized carbons (Fsp3) is 0.407. The molecule has 2 N–H and O–H groups in total. The van der Waals surface area contributed by atoms with Gasteiger partial charge in [0.25, 0.3) is 5.91 Å². The number of halogens is 2. The zero-order valence-corrected chi connectivity index (χ0v) is 23.3. The molecule has 0 bridgehead atoms. The number of nitrogens with one attached hydrogen (secondary N) is 1. The highest BCUT2D eigenvalue weighted by Crippen LogP contribution is 2.41. The zero-order chi connectivity index (χ0) is 26.9. The Morgan fingerprint density at radius 2 is 1.81 bits per heavy atom. The number of carboxylic acids is 1. The third-order valence-corrected chi connectivity index (χ3v) is 8.27. The number of hydrogen-bond donors (Lipinski definition) is 3. The van der Waals surface area contributed by atoms with Crippen LogP contribution in [0.2, 0.25) is 10.0 Å². The molecule has 2 aliphatic rings. The maximum atomic E-state index is 13.4. The summed E-state index contributed by atoms with van der Waals surface area (Å²) in [4.78, 5) is 25.3. The largest absolute Gasteiger partial charge is 0.495 e. The van der Waals surface area contributed by atoms with Gasteiger partial charge >= 0.3 is 5.97 Å². The van der Waals surface area contributed by atoms with Crippen LogP contribution < -0.4 is 10.1 Å². The van der Waals surface area contributed by atoms with E-state index in [-0.39, 0.29) is 11.8 Å². The molecule has 10 heteroatoms. The summed E-state index contributed by atoms with van der Waals surface area (Å²) in [5.41, 5.74) is 2.12. The lowest BCUT2D eigenvalue weighted by atomic mass is 9.72. The molecule has 1 amide bonds. The van der Waals surface area contributed by atoms with Crippen LogP contribution in [0.1, 0.15) is 46.8 Å². The molecular weight excluding hydrogens is 535 g/mol. The fourth-order valence-electron chi connectivity index (χ4n) is 5.05. The van der Waals surface area contributed by atoms with Crippen molar-refractivity contribution >= 4 is 58.6 Å². The van der Waals surface area contributed by atoms with Crippen LogP contribution in [0, 0.1) is 5.92 Å². The zero-order valence-electron chi connectivity index (χ0n) is 20.9. The number of carboxylic acid groups (broad SMARTS) is 1. The van der Waals surface area contributed by atoms with Gasteiger partial charge in [-0.15, -0.1) is 0 Å². The Labute approximate surface area is 231 Å². The number of benzene rings is 2. The van der Waals surface area contributed by atoms with Gasteiger partial charge in [-0.1, -0.05) is 53.9 Å². The number of carbonyl (C=O) groups excluding carboxylic acids is 1. The lowest BCUT2D eigenvalue weighted by Crippen LogP contribution is -2.59. The average Bonchev–Trinajstić information content (AvgIpc) is 3.18. The Morgan fingerprint density at radius 3 is 2.30 bits per heavy atom. The average molecular weight is 566 g/mol. The van der Waals surface area contributed by atoms with Crippen LogP contribution in [0.5, 0.6) is 5.75 Å². The van der Waals surface area contributed by atoms with Crippen molar-refractivity contribution in [2.45, 2.75) is 30.7 Å². The number of aryl methyl sites for hydroxylation is 1. The van der Waals surface area contributed by atoms with Gasteiger partial charge in [0.2, 0.25) is 0 Å². The van der Waals surface area contributed by atoms with E-state index in [9.17, 15) is 14.7 Å². The summed E-state index contributed by atoms with van der Waals surface area (Å²) >= 11 is 16.3. The van der Waals surface area contributed by atoms with Crippen molar-refractivity contribution in [2.24, 2.45) is 13.0 Å². The number of carbonyl (C=O) groups is 2. The third kappa shape index (κ3) is 4.92. The van der Waals surface area contributed by atoms with Crippen LogP contribution in [0.25, 0.3) is 10.9 Å². The number of ether oxygens (including phenoxy) is 2. The second-order valence-electron chi connectivity index (χ2n) is 9.39. The smallest absolute Gasteiger partial charge is 0.311 e. The second kappa shape index (κ2) is 11.2. The fourth-order valence-corrected chi connectivity index (χ4v) is 5.52. The lowest BCUT2D eigenvalue weighted by Gasteiger charge is -2.42. The Hall–Kier alpha value is -2.39. The van der Waals surface area contributed by atoms with E-state index in [1.165, 1.54) is 7.11 Å². The second-order valence-corrected chi connectivity index (χ2v) is 10.1. The number of fused-ring (bicyclic) bond motifs is 1. The van der Waals surface area contributed by atoms with Crippen molar-refractivity contribution in [2.75, 3.05) is 26.6 Å². The van der Waals surface area contributed by atoms with E-state index in [4.69, 9.17) is 32.7 Å². The van der Waals surface area contributed by atoms with E-state index >= 15 is 0 Å². The Bertz CT molecular complexity index is 1320. The molecule has 2 fully saturated rings. The van der Waals surface area contributed by atoms with E-state index in [1.807, 2.05) is 24.3 Å². The standard InChI is InChI=1S/C26H26Cl2N2O5.CH4S/c1-30-18-11-20(34-2)23(28)22(27)17(18)10-19(30)24(31)29-26(12-35-13-26)16-8-6-15(7-9-16)21(25(32)33)14-4-3-5-14;1-2/h6-11,14,21H,3-5,12-13H2,1-2H3,(H,29,31)(H,32,33);2H,1H3. The van der Waals surface area contributed by atoms with Crippen molar-refractivity contribution in [3.8, 4) is 5.75 Å². The van der Waals surface area contributed by atoms with Crippen molar-refractivity contribution in [3.63, 3.8) is 0 Å². The van der Waals surface area contributed by atoms with Gasteiger partial charge in [-0.3, -0.25) is 9.59 Å². The highest BCUT2D eigenvalue weighted by atomic mass is 35.5. The van der Waals surface area contributed by atoms with Gasteiger partial charge in [-0.2, -0.15) is 12.6 Å². The quantitative estimate of drug-likeness (QED) is 0.322. The summed E-state index contributed by atoms with van der Waals surface area (Å²) in [5.74, 6) is -0.943. The maximum absolute atomic E-state index is 13.4. The third-order valence-electron chi connectivity index (χ3n) is 7.40. The molecule has 1 atom stereocenters. The van der Waals surface area contributed by atoms with Gasteiger partial charge in [0, 0.05) is 18.5 Å². The van der Waals surface area contributed by atoms with Gasteiger partial charge in [0.05, 0.1) is 36.8 Å². The summed E-state index contributed by atoms with van der Waals surface area (Å²) in [6, 6.07) is 11.0. The summed E-state index contributed by atoms with van der Waals surface area (Å²) in [7, 11) is 3.29. The van der Waals surface area contributed by atoms with Crippen molar-refractivity contribution in [3.05, 3.63) is 63.3 Å². The van der Waals surface area contributed by atoms with Gasteiger partial charge < -0.3 is 24.5 Å². The van der Waals surface area contributed by atoms with Crippen LogP contribution >= 0.6 is 35.8 Å². The number of methoxy groups -OCH3 is 1. The number of rotatable bonds is 7. The Balaban J connectivity index is 0.00000156. The molecule has 3 aromatic rings. The Morgan fingerprint density at radius 1 is 1.16 bits per heavy atom. The van der Waals surface area contributed by atoms with E-state index in [0.717, 1.165) is 35.9 Å². The SMILES string of the molecule is COc1cc2c(cc(C(=O)NC3(c4ccc(C(C(=O)O)C5CCC5)cc4)COC3)n2C)c(Cl)c1Cl.CS. The van der Waals surface area contributed by atoms with E-state index < -0.39 is 17.4 Å². The van der Waals surface area contributed by atoms with Crippen LogP contribution in [-0.2, 0) is 22.1 Å². The molecule has 5 rings (SSSR count). The number of nitrogens with zero attached hydrogens (tertiary/aromatic N) is 1. The van der Waals surface area contributed by atoms with Crippen molar-refractivity contribution in [1.82, 2.24) is 9.88 Å². The summed E-state index contributed by atoms with van der Waals surface area (Å²) in [6.07, 6.45) is 4.66. The van der Waals surface area contributed by atoms with Gasteiger partial charge in [0.15, 0.2) is 0 Å². The molecule has 1 aliphatic heterocycles. The van der Waals surface area contributed by atoms with Crippen LogP contribution in [-0.4, -0.2) is 48.1 Å². The van der Waals surface area contributed by atoms with Crippen molar-refractivity contribution in [1.29, 1.82) is 0 Å². The van der Waals surface area contributed by atoms with Gasteiger partial charge in [0.1, 0.15) is 22.0 Å². The minimum Gasteiger partial charge on any atom is -0.495 e. The molecule has 0 spiro atoms. The molecule has 0 radical (unpaired) electrons.